The van der Waals surface area contributed by atoms with Gasteiger partial charge in [0.25, 0.3) is 0 Å². The van der Waals surface area contributed by atoms with Gasteiger partial charge in [-0.15, -0.1) is 0 Å². The van der Waals surface area contributed by atoms with Crippen LogP contribution in [0, 0.1) is 0 Å². The van der Waals surface area contributed by atoms with Gasteiger partial charge in [0.1, 0.15) is 12.6 Å². The molecule has 7 nitrogen and oxygen atoms in total. The lowest BCUT2D eigenvalue weighted by molar-refractivity contribution is -0.122. The molecule has 7 heteroatoms. The van der Waals surface area contributed by atoms with Crippen LogP contribution in [0.2, 0.25) is 0 Å². The van der Waals surface area contributed by atoms with E-state index in [4.69, 9.17) is 0 Å². The molecule has 2 aliphatic heterocycles. The standard InChI is InChI=1S/C21H22N4O3/c1-13(21(28)25-12-20(27)23-17-5-3-4-6-19(17)25)22-16-7-8-18-15(11-16)9-10-24(18)14(2)26/h3-8,11,13,22H,9-10,12H2,1-2H3,(H,23,27)/t13-/m1/s1. The molecule has 1 atom stereocenters. The molecule has 0 aliphatic carbocycles. The van der Waals surface area contributed by atoms with Crippen molar-refractivity contribution in [3.63, 3.8) is 0 Å². The number of para-hydroxylation sites is 2. The largest absolute Gasteiger partial charge is 0.374 e. The van der Waals surface area contributed by atoms with Crippen LogP contribution in [0.25, 0.3) is 0 Å². The summed E-state index contributed by atoms with van der Waals surface area (Å²) in [6, 6.07) is 12.5. The molecule has 144 valence electrons. The third-order valence-corrected chi connectivity index (χ3v) is 5.15. The molecule has 2 heterocycles. The maximum absolute atomic E-state index is 13.0. The maximum Gasteiger partial charge on any atom is 0.249 e. The molecule has 0 spiro atoms. The van der Waals surface area contributed by atoms with Crippen molar-refractivity contribution in [2.24, 2.45) is 0 Å². The predicted molar refractivity (Wildman–Crippen MR) is 109 cm³/mol. The normalized spacial score (nSPS) is 16.1. The quantitative estimate of drug-likeness (QED) is 0.859. The number of hydrogen-bond acceptors (Lipinski definition) is 4. The van der Waals surface area contributed by atoms with E-state index < -0.39 is 6.04 Å². The summed E-state index contributed by atoms with van der Waals surface area (Å²) in [5, 5.41) is 6.02. The number of rotatable bonds is 3. The number of nitrogens with one attached hydrogen (secondary N) is 2. The van der Waals surface area contributed by atoms with Crippen LogP contribution in [-0.4, -0.2) is 36.9 Å². The molecule has 2 aromatic carbocycles. The van der Waals surface area contributed by atoms with E-state index >= 15 is 0 Å². The maximum atomic E-state index is 13.0. The van der Waals surface area contributed by atoms with Gasteiger partial charge in [-0.3, -0.25) is 19.3 Å². The highest BCUT2D eigenvalue weighted by Gasteiger charge is 2.30. The number of carbonyl (C=O) groups excluding carboxylic acids is 3. The van der Waals surface area contributed by atoms with Crippen molar-refractivity contribution in [3.8, 4) is 0 Å². The zero-order valence-electron chi connectivity index (χ0n) is 15.9. The number of fused-ring (bicyclic) bond motifs is 2. The van der Waals surface area contributed by atoms with Gasteiger partial charge < -0.3 is 15.5 Å². The average Bonchev–Trinajstić information content (AvgIpc) is 3.10. The van der Waals surface area contributed by atoms with Crippen LogP contribution in [0.1, 0.15) is 19.4 Å². The van der Waals surface area contributed by atoms with Crippen molar-refractivity contribution in [1.29, 1.82) is 0 Å². The van der Waals surface area contributed by atoms with E-state index in [9.17, 15) is 14.4 Å². The second-order valence-corrected chi connectivity index (χ2v) is 7.12. The molecular weight excluding hydrogens is 356 g/mol. The van der Waals surface area contributed by atoms with Crippen molar-refractivity contribution in [2.75, 3.05) is 33.5 Å². The summed E-state index contributed by atoms with van der Waals surface area (Å²) in [6.45, 7) is 4.03. The van der Waals surface area contributed by atoms with Crippen LogP contribution in [0.5, 0.6) is 0 Å². The minimum Gasteiger partial charge on any atom is -0.374 e. The Morgan fingerprint density at radius 2 is 1.89 bits per heavy atom. The molecular formula is C21H22N4O3. The summed E-state index contributed by atoms with van der Waals surface area (Å²) < 4.78 is 0. The van der Waals surface area contributed by atoms with Gasteiger partial charge in [0.05, 0.1) is 11.4 Å². The van der Waals surface area contributed by atoms with Crippen molar-refractivity contribution < 1.29 is 14.4 Å². The SMILES string of the molecule is CC(=O)N1CCc2cc(N[C@H](C)C(=O)N3CC(=O)Nc4ccccc43)ccc21. The summed E-state index contributed by atoms with van der Waals surface area (Å²) in [4.78, 5) is 40.0. The Balaban J connectivity index is 1.52. The summed E-state index contributed by atoms with van der Waals surface area (Å²) in [5.74, 6) is -0.348. The van der Waals surface area contributed by atoms with Gasteiger partial charge in [-0.25, -0.2) is 0 Å². The Morgan fingerprint density at radius 1 is 1.11 bits per heavy atom. The monoisotopic (exact) mass is 378 g/mol. The van der Waals surface area contributed by atoms with Gasteiger partial charge in [0, 0.05) is 24.8 Å². The molecule has 2 N–H and O–H groups in total. The first-order chi connectivity index (χ1) is 13.4. The fraction of sp³-hybridized carbons (Fsp3) is 0.286. The van der Waals surface area contributed by atoms with Crippen LogP contribution < -0.4 is 20.4 Å². The number of amides is 3. The van der Waals surface area contributed by atoms with Crippen LogP contribution in [-0.2, 0) is 20.8 Å². The molecule has 0 radical (unpaired) electrons. The second kappa shape index (κ2) is 6.99. The highest BCUT2D eigenvalue weighted by molar-refractivity contribution is 6.11. The number of benzene rings is 2. The summed E-state index contributed by atoms with van der Waals surface area (Å²) in [7, 11) is 0. The molecule has 0 bridgehead atoms. The number of carbonyl (C=O) groups is 3. The minimum absolute atomic E-state index is 0.000371. The molecule has 0 fully saturated rings. The molecule has 0 unspecified atom stereocenters. The van der Waals surface area contributed by atoms with Gasteiger partial charge in [-0.1, -0.05) is 12.1 Å². The predicted octanol–water partition coefficient (Wildman–Crippen LogP) is 2.38. The van der Waals surface area contributed by atoms with Gasteiger partial charge >= 0.3 is 0 Å². The second-order valence-electron chi connectivity index (χ2n) is 7.12. The Kier molecular flexibility index (Phi) is 4.50. The van der Waals surface area contributed by atoms with Crippen LogP contribution >= 0.6 is 0 Å². The van der Waals surface area contributed by atoms with Crippen LogP contribution in [0.3, 0.4) is 0 Å². The Bertz CT molecular complexity index is 972. The first-order valence-electron chi connectivity index (χ1n) is 9.32. The summed E-state index contributed by atoms with van der Waals surface area (Å²) in [6.07, 6.45) is 0.798. The smallest absolute Gasteiger partial charge is 0.249 e. The highest BCUT2D eigenvalue weighted by Crippen LogP contribution is 2.32. The molecule has 4 rings (SSSR count). The molecule has 0 saturated carbocycles. The Labute approximate surface area is 163 Å². The molecule has 0 saturated heterocycles. The lowest BCUT2D eigenvalue weighted by Gasteiger charge is -2.31. The van der Waals surface area contributed by atoms with E-state index in [-0.39, 0.29) is 24.3 Å². The van der Waals surface area contributed by atoms with E-state index in [2.05, 4.69) is 10.6 Å². The summed E-state index contributed by atoms with van der Waals surface area (Å²) >= 11 is 0. The van der Waals surface area contributed by atoms with Gasteiger partial charge in [0.2, 0.25) is 17.7 Å². The minimum atomic E-state index is -0.512. The Hall–Kier alpha value is -3.35. The van der Waals surface area contributed by atoms with Crippen LogP contribution in [0.4, 0.5) is 22.7 Å². The average molecular weight is 378 g/mol. The fourth-order valence-corrected chi connectivity index (χ4v) is 3.79. The van der Waals surface area contributed by atoms with Gasteiger partial charge in [-0.2, -0.15) is 0 Å². The molecule has 2 aliphatic rings. The van der Waals surface area contributed by atoms with E-state index in [1.54, 1.807) is 24.8 Å². The molecule has 2 aromatic rings. The van der Waals surface area contributed by atoms with Crippen molar-refractivity contribution >= 4 is 40.5 Å². The number of nitrogens with zero attached hydrogens (tertiary/aromatic N) is 2. The van der Waals surface area contributed by atoms with Crippen molar-refractivity contribution in [3.05, 3.63) is 48.0 Å². The van der Waals surface area contributed by atoms with Crippen molar-refractivity contribution in [2.45, 2.75) is 26.3 Å². The fourth-order valence-electron chi connectivity index (χ4n) is 3.79. The lowest BCUT2D eigenvalue weighted by Crippen LogP contribution is -2.47. The lowest BCUT2D eigenvalue weighted by atomic mass is 10.1. The first kappa shape index (κ1) is 18.0. The van der Waals surface area contributed by atoms with Crippen molar-refractivity contribution in [1.82, 2.24) is 0 Å². The van der Waals surface area contributed by atoms with E-state index in [1.165, 1.54) is 4.90 Å². The van der Waals surface area contributed by atoms with E-state index in [0.717, 1.165) is 23.4 Å². The number of anilines is 4. The third kappa shape index (κ3) is 3.19. The van der Waals surface area contributed by atoms with Gasteiger partial charge in [-0.05, 0) is 49.2 Å². The zero-order chi connectivity index (χ0) is 19.8. The van der Waals surface area contributed by atoms with E-state index in [1.807, 2.05) is 36.4 Å². The highest BCUT2D eigenvalue weighted by atomic mass is 16.2. The molecule has 0 aromatic heterocycles. The third-order valence-electron chi connectivity index (χ3n) is 5.15. The zero-order valence-corrected chi connectivity index (χ0v) is 15.9. The summed E-state index contributed by atoms with van der Waals surface area (Å²) in [5.41, 5.74) is 4.17. The van der Waals surface area contributed by atoms with Crippen LogP contribution in [0.15, 0.2) is 42.5 Å². The number of hydrogen-bond donors (Lipinski definition) is 2. The first-order valence-corrected chi connectivity index (χ1v) is 9.32. The van der Waals surface area contributed by atoms with E-state index in [0.29, 0.717) is 17.9 Å². The van der Waals surface area contributed by atoms with Gasteiger partial charge in [0.15, 0.2) is 0 Å². The molecule has 3 amide bonds. The Morgan fingerprint density at radius 3 is 2.68 bits per heavy atom. The topological polar surface area (TPSA) is 81.8 Å². The molecule has 28 heavy (non-hydrogen) atoms.